The molecule has 0 saturated heterocycles. The molecule has 0 aliphatic rings. The molecule has 2 amide bonds. The standard InChI is InChI=1S/C14H12N2O3/c17-13(18)8-9-15-14(19)16-12-7-3-5-10-4-1-2-6-11(10)12/h1-9H,(H,17,18)(H2,15,16,19)/b9-8+. The number of hydrogen-bond acceptors (Lipinski definition) is 2. The van der Waals surface area contributed by atoms with Gasteiger partial charge in [-0.05, 0) is 11.5 Å². The SMILES string of the molecule is O=C(O)/C=C/NC(=O)Nc1cccc2ccccc12. The van der Waals surface area contributed by atoms with Crippen LogP contribution in [0.5, 0.6) is 0 Å². The maximum absolute atomic E-state index is 11.6. The lowest BCUT2D eigenvalue weighted by Crippen LogP contribution is -2.24. The minimum Gasteiger partial charge on any atom is -0.478 e. The van der Waals surface area contributed by atoms with Crippen LogP contribution in [-0.4, -0.2) is 17.1 Å². The Morgan fingerprint density at radius 3 is 2.58 bits per heavy atom. The van der Waals surface area contributed by atoms with Crippen molar-refractivity contribution in [1.82, 2.24) is 5.32 Å². The Bertz CT molecular complexity index is 645. The number of anilines is 1. The third-order valence-corrected chi connectivity index (χ3v) is 2.48. The Labute approximate surface area is 109 Å². The summed E-state index contributed by atoms with van der Waals surface area (Å²) in [6.07, 6.45) is 1.92. The van der Waals surface area contributed by atoms with Crippen LogP contribution in [0.4, 0.5) is 10.5 Å². The molecule has 0 aliphatic heterocycles. The Morgan fingerprint density at radius 2 is 1.79 bits per heavy atom. The van der Waals surface area contributed by atoms with Crippen LogP contribution in [0.3, 0.4) is 0 Å². The average molecular weight is 256 g/mol. The molecule has 3 N–H and O–H groups in total. The van der Waals surface area contributed by atoms with E-state index >= 15 is 0 Å². The second-order valence-corrected chi connectivity index (χ2v) is 3.80. The maximum Gasteiger partial charge on any atom is 0.329 e. The summed E-state index contributed by atoms with van der Waals surface area (Å²) in [5, 5.41) is 15.3. The van der Waals surface area contributed by atoms with Crippen LogP contribution < -0.4 is 10.6 Å². The van der Waals surface area contributed by atoms with Crippen LogP contribution in [0.1, 0.15) is 0 Å². The predicted octanol–water partition coefficient (Wildman–Crippen LogP) is 2.56. The second-order valence-electron chi connectivity index (χ2n) is 3.80. The molecule has 0 atom stereocenters. The van der Waals surface area contributed by atoms with E-state index in [0.717, 1.165) is 23.0 Å². The van der Waals surface area contributed by atoms with E-state index < -0.39 is 12.0 Å². The van der Waals surface area contributed by atoms with Gasteiger partial charge in [-0.25, -0.2) is 9.59 Å². The van der Waals surface area contributed by atoms with Gasteiger partial charge >= 0.3 is 12.0 Å². The molecule has 2 rings (SSSR count). The van der Waals surface area contributed by atoms with Crippen molar-refractivity contribution in [3.05, 3.63) is 54.7 Å². The van der Waals surface area contributed by atoms with Gasteiger partial charge in [0.1, 0.15) is 0 Å². The topological polar surface area (TPSA) is 78.4 Å². The summed E-state index contributed by atoms with van der Waals surface area (Å²) in [5.74, 6) is -1.12. The third-order valence-electron chi connectivity index (χ3n) is 2.48. The summed E-state index contributed by atoms with van der Waals surface area (Å²) >= 11 is 0. The Balaban J connectivity index is 2.13. The van der Waals surface area contributed by atoms with Gasteiger partial charge < -0.3 is 15.7 Å². The van der Waals surface area contributed by atoms with Crippen molar-refractivity contribution in [2.75, 3.05) is 5.32 Å². The Kier molecular flexibility index (Phi) is 3.78. The van der Waals surface area contributed by atoms with Crippen LogP contribution in [0.25, 0.3) is 10.8 Å². The van der Waals surface area contributed by atoms with Crippen molar-refractivity contribution in [3.8, 4) is 0 Å². The highest BCUT2D eigenvalue weighted by Gasteiger charge is 2.03. The van der Waals surface area contributed by atoms with Crippen molar-refractivity contribution in [3.63, 3.8) is 0 Å². The predicted molar refractivity (Wildman–Crippen MR) is 72.9 cm³/mol. The summed E-state index contributed by atoms with van der Waals surface area (Å²) in [6.45, 7) is 0. The molecular formula is C14H12N2O3. The molecule has 19 heavy (non-hydrogen) atoms. The van der Waals surface area contributed by atoms with E-state index in [9.17, 15) is 9.59 Å². The molecule has 5 nitrogen and oxygen atoms in total. The Morgan fingerprint density at radius 1 is 1.05 bits per heavy atom. The van der Waals surface area contributed by atoms with Crippen molar-refractivity contribution in [2.24, 2.45) is 0 Å². The number of carbonyl (C=O) groups excluding carboxylic acids is 1. The number of carboxylic acid groups (broad SMARTS) is 1. The molecule has 5 heteroatoms. The fourth-order valence-electron chi connectivity index (χ4n) is 1.68. The van der Waals surface area contributed by atoms with Crippen molar-refractivity contribution < 1.29 is 14.7 Å². The molecule has 0 fully saturated rings. The van der Waals surface area contributed by atoms with Crippen LogP contribution in [0, 0.1) is 0 Å². The number of nitrogens with one attached hydrogen (secondary N) is 2. The third kappa shape index (κ3) is 3.32. The van der Waals surface area contributed by atoms with Gasteiger partial charge in [0.05, 0.1) is 5.69 Å². The summed E-state index contributed by atoms with van der Waals surface area (Å²) in [6, 6.07) is 12.7. The molecule has 0 aliphatic carbocycles. The lowest BCUT2D eigenvalue weighted by molar-refractivity contribution is -0.131. The minimum atomic E-state index is -1.12. The van der Waals surface area contributed by atoms with Gasteiger partial charge in [-0.3, -0.25) is 0 Å². The molecule has 0 radical (unpaired) electrons. The van der Waals surface area contributed by atoms with Gasteiger partial charge in [0.15, 0.2) is 0 Å². The van der Waals surface area contributed by atoms with Crippen molar-refractivity contribution >= 4 is 28.5 Å². The number of carboxylic acids is 1. The molecule has 96 valence electrons. The monoisotopic (exact) mass is 256 g/mol. The summed E-state index contributed by atoms with van der Waals surface area (Å²) in [4.78, 5) is 21.8. The maximum atomic E-state index is 11.6. The number of fused-ring (bicyclic) bond motifs is 1. The zero-order valence-electron chi connectivity index (χ0n) is 9.96. The highest BCUT2D eigenvalue weighted by molar-refractivity contribution is 6.01. The number of rotatable bonds is 3. The Hall–Kier alpha value is -2.82. The highest BCUT2D eigenvalue weighted by Crippen LogP contribution is 2.22. The van der Waals surface area contributed by atoms with Gasteiger partial charge in [0.25, 0.3) is 0 Å². The van der Waals surface area contributed by atoms with Crippen LogP contribution in [-0.2, 0) is 4.79 Å². The summed E-state index contributed by atoms with van der Waals surface area (Å²) in [5.41, 5.74) is 0.666. The van der Waals surface area contributed by atoms with E-state index in [1.165, 1.54) is 0 Å². The first-order chi connectivity index (χ1) is 9.16. The number of amides is 2. The molecule has 0 heterocycles. The van der Waals surface area contributed by atoms with Gasteiger partial charge in [0, 0.05) is 17.7 Å². The fraction of sp³-hybridized carbons (Fsp3) is 0. The molecule has 0 saturated carbocycles. The average Bonchev–Trinajstić information content (AvgIpc) is 2.39. The summed E-state index contributed by atoms with van der Waals surface area (Å²) in [7, 11) is 0. The number of benzene rings is 2. The first kappa shape index (κ1) is 12.6. The van der Waals surface area contributed by atoms with Gasteiger partial charge in [0.2, 0.25) is 0 Å². The summed E-state index contributed by atoms with van der Waals surface area (Å²) < 4.78 is 0. The molecule has 2 aromatic rings. The van der Waals surface area contributed by atoms with E-state index in [-0.39, 0.29) is 0 Å². The number of carbonyl (C=O) groups is 2. The smallest absolute Gasteiger partial charge is 0.329 e. The van der Waals surface area contributed by atoms with Crippen molar-refractivity contribution in [2.45, 2.75) is 0 Å². The van der Waals surface area contributed by atoms with Crippen LogP contribution in [0.2, 0.25) is 0 Å². The van der Waals surface area contributed by atoms with Crippen molar-refractivity contribution in [1.29, 1.82) is 0 Å². The van der Waals surface area contributed by atoms with Gasteiger partial charge in [-0.2, -0.15) is 0 Å². The number of hydrogen-bond donors (Lipinski definition) is 3. The quantitative estimate of drug-likeness (QED) is 0.738. The molecular weight excluding hydrogens is 244 g/mol. The van der Waals surface area contributed by atoms with Gasteiger partial charge in [-0.15, -0.1) is 0 Å². The highest BCUT2D eigenvalue weighted by atomic mass is 16.4. The first-order valence-electron chi connectivity index (χ1n) is 5.61. The fourth-order valence-corrected chi connectivity index (χ4v) is 1.68. The van der Waals surface area contributed by atoms with E-state index in [4.69, 9.17) is 5.11 Å². The molecule has 0 spiro atoms. The van der Waals surface area contributed by atoms with E-state index in [1.54, 1.807) is 6.07 Å². The van der Waals surface area contributed by atoms with E-state index in [0.29, 0.717) is 5.69 Å². The van der Waals surface area contributed by atoms with E-state index in [1.807, 2.05) is 36.4 Å². The molecule has 0 bridgehead atoms. The minimum absolute atomic E-state index is 0.492. The lowest BCUT2D eigenvalue weighted by Gasteiger charge is -2.08. The van der Waals surface area contributed by atoms with E-state index in [2.05, 4.69) is 10.6 Å². The first-order valence-corrected chi connectivity index (χ1v) is 5.61. The zero-order chi connectivity index (χ0) is 13.7. The number of urea groups is 1. The zero-order valence-corrected chi connectivity index (χ0v) is 9.96. The largest absolute Gasteiger partial charge is 0.478 e. The van der Waals surface area contributed by atoms with Crippen LogP contribution in [0.15, 0.2) is 54.7 Å². The second kappa shape index (κ2) is 5.68. The molecule has 0 aromatic heterocycles. The number of aliphatic carboxylic acids is 1. The molecule has 2 aromatic carbocycles. The van der Waals surface area contributed by atoms with Crippen LogP contribution >= 0.6 is 0 Å². The molecule has 0 unspecified atom stereocenters. The normalized spacial score (nSPS) is 10.5. The van der Waals surface area contributed by atoms with Gasteiger partial charge in [-0.1, -0.05) is 36.4 Å². The lowest BCUT2D eigenvalue weighted by atomic mass is 10.1.